The van der Waals surface area contributed by atoms with E-state index in [1.807, 2.05) is 38.1 Å². The van der Waals surface area contributed by atoms with Crippen molar-refractivity contribution in [3.63, 3.8) is 0 Å². The van der Waals surface area contributed by atoms with Gasteiger partial charge in [-0.25, -0.2) is 4.79 Å². The average Bonchev–Trinajstić information content (AvgIpc) is 2.24. The van der Waals surface area contributed by atoms with E-state index >= 15 is 0 Å². The molecule has 0 bridgehead atoms. The maximum Gasteiger partial charge on any atom is 0.410 e. The van der Waals surface area contributed by atoms with E-state index < -0.39 is 0 Å². The minimum atomic E-state index is -0.322. The molecule has 1 aromatic carbocycles. The number of ether oxygens (including phenoxy) is 1. The molecule has 0 atom stereocenters. The summed E-state index contributed by atoms with van der Waals surface area (Å²) >= 11 is 0. The van der Waals surface area contributed by atoms with Crippen molar-refractivity contribution in [1.82, 2.24) is 4.90 Å². The van der Waals surface area contributed by atoms with Gasteiger partial charge in [-0.15, -0.1) is 0 Å². The molecule has 0 fully saturated rings. The number of methoxy groups -OCH3 is 1. The molecule has 0 radical (unpaired) electrons. The first kappa shape index (κ1) is 12.4. The van der Waals surface area contributed by atoms with Crippen LogP contribution in [0.2, 0.25) is 0 Å². The minimum absolute atomic E-state index is 0.0916. The molecule has 0 heterocycles. The summed E-state index contributed by atoms with van der Waals surface area (Å²) in [5, 5.41) is 0. The molecule has 0 unspecified atom stereocenters. The Morgan fingerprint density at radius 3 is 2.69 bits per heavy atom. The van der Waals surface area contributed by atoms with Crippen LogP contribution in [-0.2, 0) is 11.3 Å². The van der Waals surface area contributed by atoms with Crippen LogP contribution in [0.4, 0.5) is 10.5 Å². The number of nitrogen functional groups attached to an aromatic ring is 1. The highest BCUT2D eigenvalue weighted by Gasteiger charge is 2.17. The summed E-state index contributed by atoms with van der Waals surface area (Å²) in [6, 6.07) is 7.59. The molecule has 0 spiro atoms. The van der Waals surface area contributed by atoms with E-state index in [2.05, 4.69) is 0 Å². The monoisotopic (exact) mass is 222 g/mol. The molecule has 4 nitrogen and oxygen atoms in total. The van der Waals surface area contributed by atoms with Crippen LogP contribution in [0.3, 0.4) is 0 Å². The Kier molecular flexibility index (Phi) is 4.17. The van der Waals surface area contributed by atoms with Gasteiger partial charge in [0.1, 0.15) is 0 Å². The van der Waals surface area contributed by atoms with Crippen LogP contribution in [0.25, 0.3) is 0 Å². The van der Waals surface area contributed by atoms with Crippen LogP contribution in [-0.4, -0.2) is 24.1 Å². The van der Waals surface area contributed by atoms with E-state index in [0.29, 0.717) is 12.2 Å². The third kappa shape index (κ3) is 3.15. The summed E-state index contributed by atoms with van der Waals surface area (Å²) in [7, 11) is 1.39. The van der Waals surface area contributed by atoms with Gasteiger partial charge in [0.15, 0.2) is 0 Å². The number of amides is 1. The standard InChI is InChI=1S/C12H18N2O2/c1-9(2)14(12(15)16-3)8-10-5-4-6-11(13)7-10/h4-7,9H,8,13H2,1-3H3. The predicted molar refractivity (Wildman–Crippen MR) is 63.9 cm³/mol. The van der Waals surface area contributed by atoms with Gasteiger partial charge >= 0.3 is 6.09 Å². The van der Waals surface area contributed by atoms with Crippen molar-refractivity contribution in [2.75, 3.05) is 12.8 Å². The summed E-state index contributed by atoms with van der Waals surface area (Å²) in [5.74, 6) is 0. The van der Waals surface area contributed by atoms with Gasteiger partial charge in [-0.1, -0.05) is 12.1 Å². The number of benzene rings is 1. The lowest BCUT2D eigenvalue weighted by atomic mass is 10.2. The Bertz CT molecular complexity index is 364. The van der Waals surface area contributed by atoms with Crippen molar-refractivity contribution in [1.29, 1.82) is 0 Å². The van der Waals surface area contributed by atoms with E-state index in [1.165, 1.54) is 7.11 Å². The maximum absolute atomic E-state index is 11.5. The number of carbonyl (C=O) groups excluding carboxylic acids is 1. The van der Waals surface area contributed by atoms with Crippen LogP contribution >= 0.6 is 0 Å². The molecule has 16 heavy (non-hydrogen) atoms. The van der Waals surface area contributed by atoms with E-state index in [-0.39, 0.29) is 12.1 Å². The minimum Gasteiger partial charge on any atom is -0.453 e. The molecule has 0 aliphatic carbocycles. The number of hydrogen-bond donors (Lipinski definition) is 1. The smallest absolute Gasteiger partial charge is 0.410 e. The van der Waals surface area contributed by atoms with Crippen LogP contribution in [0.5, 0.6) is 0 Å². The molecule has 0 saturated carbocycles. The van der Waals surface area contributed by atoms with E-state index in [4.69, 9.17) is 10.5 Å². The quantitative estimate of drug-likeness (QED) is 0.798. The second-order valence-corrected chi connectivity index (χ2v) is 3.94. The van der Waals surface area contributed by atoms with Crippen LogP contribution in [0.15, 0.2) is 24.3 Å². The SMILES string of the molecule is COC(=O)N(Cc1cccc(N)c1)C(C)C. The Labute approximate surface area is 96.0 Å². The van der Waals surface area contributed by atoms with Crippen molar-refractivity contribution in [3.8, 4) is 0 Å². The number of carbonyl (C=O) groups is 1. The lowest BCUT2D eigenvalue weighted by Gasteiger charge is -2.25. The van der Waals surface area contributed by atoms with Gasteiger partial charge in [0, 0.05) is 18.3 Å². The van der Waals surface area contributed by atoms with E-state index in [0.717, 1.165) is 5.56 Å². The lowest BCUT2D eigenvalue weighted by molar-refractivity contribution is 0.108. The van der Waals surface area contributed by atoms with Crippen LogP contribution in [0.1, 0.15) is 19.4 Å². The molecule has 2 N–H and O–H groups in total. The zero-order valence-corrected chi connectivity index (χ0v) is 9.93. The molecular weight excluding hydrogens is 204 g/mol. The van der Waals surface area contributed by atoms with Crippen molar-refractivity contribution >= 4 is 11.8 Å². The normalized spacial score (nSPS) is 10.2. The highest BCUT2D eigenvalue weighted by atomic mass is 16.5. The van der Waals surface area contributed by atoms with Gasteiger partial charge < -0.3 is 15.4 Å². The summed E-state index contributed by atoms with van der Waals surface area (Å²) < 4.78 is 4.73. The lowest BCUT2D eigenvalue weighted by Crippen LogP contribution is -2.36. The van der Waals surface area contributed by atoms with Gasteiger partial charge in [0.05, 0.1) is 7.11 Å². The molecule has 0 aromatic heterocycles. The Balaban J connectivity index is 2.79. The number of nitrogens with two attached hydrogens (primary N) is 1. The number of nitrogens with zero attached hydrogens (tertiary/aromatic N) is 1. The largest absolute Gasteiger partial charge is 0.453 e. The molecule has 88 valence electrons. The molecule has 1 rings (SSSR count). The predicted octanol–water partition coefficient (Wildman–Crippen LogP) is 2.25. The second kappa shape index (κ2) is 5.39. The number of anilines is 1. The number of rotatable bonds is 3. The van der Waals surface area contributed by atoms with Gasteiger partial charge in [-0.2, -0.15) is 0 Å². The highest BCUT2D eigenvalue weighted by molar-refractivity contribution is 5.67. The Hall–Kier alpha value is -1.71. The van der Waals surface area contributed by atoms with Crippen molar-refractivity contribution in [2.45, 2.75) is 26.4 Å². The maximum atomic E-state index is 11.5. The Morgan fingerprint density at radius 2 is 2.19 bits per heavy atom. The summed E-state index contributed by atoms with van der Waals surface area (Å²) in [6.07, 6.45) is -0.322. The highest BCUT2D eigenvalue weighted by Crippen LogP contribution is 2.12. The third-order valence-electron chi connectivity index (χ3n) is 2.34. The fourth-order valence-electron chi connectivity index (χ4n) is 1.46. The van der Waals surface area contributed by atoms with Gasteiger partial charge in [-0.05, 0) is 31.5 Å². The molecule has 0 aliphatic rings. The summed E-state index contributed by atoms with van der Waals surface area (Å²) in [6.45, 7) is 4.40. The summed E-state index contributed by atoms with van der Waals surface area (Å²) in [4.78, 5) is 13.2. The average molecular weight is 222 g/mol. The van der Waals surface area contributed by atoms with E-state index in [1.54, 1.807) is 4.90 Å². The van der Waals surface area contributed by atoms with Crippen LogP contribution in [0, 0.1) is 0 Å². The zero-order chi connectivity index (χ0) is 12.1. The van der Waals surface area contributed by atoms with Crippen LogP contribution < -0.4 is 5.73 Å². The summed E-state index contributed by atoms with van der Waals surface area (Å²) in [5.41, 5.74) is 7.38. The van der Waals surface area contributed by atoms with Gasteiger partial charge in [-0.3, -0.25) is 0 Å². The molecule has 0 saturated heterocycles. The van der Waals surface area contributed by atoms with Gasteiger partial charge in [0.25, 0.3) is 0 Å². The first-order valence-corrected chi connectivity index (χ1v) is 5.23. The number of hydrogen-bond acceptors (Lipinski definition) is 3. The zero-order valence-electron chi connectivity index (χ0n) is 9.93. The first-order valence-electron chi connectivity index (χ1n) is 5.23. The first-order chi connectivity index (χ1) is 7.54. The fraction of sp³-hybridized carbons (Fsp3) is 0.417. The second-order valence-electron chi connectivity index (χ2n) is 3.94. The topological polar surface area (TPSA) is 55.6 Å². The molecule has 1 amide bonds. The van der Waals surface area contributed by atoms with Crippen molar-refractivity contribution < 1.29 is 9.53 Å². The molecule has 4 heteroatoms. The van der Waals surface area contributed by atoms with Crippen molar-refractivity contribution in [3.05, 3.63) is 29.8 Å². The molecule has 1 aromatic rings. The van der Waals surface area contributed by atoms with Crippen molar-refractivity contribution in [2.24, 2.45) is 0 Å². The van der Waals surface area contributed by atoms with E-state index in [9.17, 15) is 4.79 Å². The molecule has 0 aliphatic heterocycles. The Morgan fingerprint density at radius 1 is 1.50 bits per heavy atom. The van der Waals surface area contributed by atoms with Gasteiger partial charge in [0.2, 0.25) is 0 Å². The molecular formula is C12H18N2O2. The third-order valence-corrected chi connectivity index (χ3v) is 2.34. The fourth-order valence-corrected chi connectivity index (χ4v) is 1.46.